The van der Waals surface area contributed by atoms with E-state index in [-0.39, 0.29) is 17.2 Å². The number of ether oxygens (including phenoxy) is 1. The lowest BCUT2D eigenvalue weighted by Gasteiger charge is -2.27. The fourth-order valence-electron chi connectivity index (χ4n) is 2.48. The molecule has 19 heavy (non-hydrogen) atoms. The number of fused-ring (bicyclic) bond motifs is 1. The summed E-state index contributed by atoms with van der Waals surface area (Å²) in [6, 6.07) is 3.79. The first-order valence-corrected chi connectivity index (χ1v) is 7.55. The van der Waals surface area contributed by atoms with E-state index in [1.807, 2.05) is 12.1 Å². The van der Waals surface area contributed by atoms with E-state index in [0.717, 1.165) is 46.9 Å². The molecule has 102 valence electrons. The molecule has 0 aliphatic carbocycles. The summed E-state index contributed by atoms with van der Waals surface area (Å²) in [4.78, 5) is 16.8. The zero-order valence-corrected chi connectivity index (χ0v) is 12.6. The minimum absolute atomic E-state index is 0.0369. The van der Waals surface area contributed by atoms with Gasteiger partial charge >= 0.3 is 5.69 Å². The van der Waals surface area contributed by atoms with Crippen molar-refractivity contribution in [2.45, 2.75) is 30.7 Å². The number of imidazole rings is 1. The van der Waals surface area contributed by atoms with E-state index in [9.17, 15) is 4.79 Å². The van der Waals surface area contributed by atoms with E-state index in [0.29, 0.717) is 0 Å². The molecule has 1 aliphatic rings. The van der Waals surface area contributed by atoms with Gasteiger partial charge in [0.2, 0.25) is 0 Å². The number of nitrogens with one attached hydrogen (secondary N) is 2. The van der Waals surface area contributed by atoms with Crippen LogP contribution in [0.25, 0.3) is 11.0 Å². The Kier molecular flexibility index (Phi) is 3.69. The standard InChI is InChI=1S/C13H14BrClN2O2/c14-8-6-10-9(16-13(18)17-10)5-7(8)12(15)11-3-1-2-4-19-11/h5-6,11-12H,1-4H2,(H2,16,17,18). The Hall–Kier alpha value is -0.780. The number of alkyl halides is 1. The Morgan fingerprint density at radius 3 is 2.74 bits per heavy atom. The molecule has 1 aliphatic heterocycles. The predicted molar refractivity (Wildman–Crippen MR) is 78.8 cm³/mol. The summed E-state index contributed by atoms with van der Waals surface area (Å²) >= 11 is 10.1. The number of rotatable bonds is 2. The monoisotopic (exact) mass is 344 g/mol. The van der Waals surface area contributed by atoms with Crippen LogP contribution in [-0.4, -0.2) is 22.7 Å². The number of hydrogen-bond donors (Lipinski definition) is 2. The first kappa shape index (κ1) is 13.2. The molecule has 2 aromatic rings. The molecule has 0 bridgehead atoms. The van der Waals surface area contributed by atoms with Gasteiger partial charge in [-0.1, -0.05) is 15.9 Å². The van der Waals surface area contributed by atoms with Crippen LogP contribution in [0.4, 0.5) is 0 Å². The van der Waals surface area contributed by atoms with Crippen molar-refractivity contribution < 1.29 is 4.74 Å². The Bertz CT molecular complexity index is 646. The van der Waals surface area contributed by atoms with Crippen LogP contribution in [0.15, 0.2) is 21.4 Å². The molecule has 4 nitrogen and oxygen atoms in total. The molecule has 0 radical (unpaired) electrons. The minimum Gasteiger partial charge on any atom is -0.376 e. The van der Waals surface area contributed by atoms with Crippen LogP contribution in [0.1, 0.15) is 30.2 Å². The lowest BCUT2D eigenvalue weighted by Crippen LogP contribution is -2.23. The van der Waals surface area contributed by atoms with Gasteiger partial charge in [-0.3, -0.25) is 0 Å². The fourth-order valence-corrected chi connectivity index (χ4v) is 3.58. The van der Waals surface area contributed by atoms with Gasteiger partial charge in [0, 0.05) is 11.1 Å². The average Bonchev–Trinajstić information content (AvgIpc) is 2.77. The second-order valence-electron chi connectivity index (χ2n) is 4.81. The SMILES string of the molecule is O=c1[nH]c2cc(Br)c(C(Cl)C3CCCCO3)cc2[nH]1. The first-order valence-electron chi connectivity index (χ1n) is 6.32. The summed E-state index contributed by atoms with van der Waals surface area (Å²) in [6.07, 6.45) is 3.26. The molecule has 6 heteroatoms. The summed E-state index contributed by atoms with van der Waals surface area (Å²) < 4.78 is 6.63. The van der Waals surface area contributed by atoms with Gasteiger partial charge in [-0.15, -0.1) is 11.6 Å². The Balaban J connectivity index is 1.98. The van der Waals surface area contributed by atoms with Gasteiger partial charge in [-0.05, 0) is 37.0 Å². The lowest BCUT2D eigenvalue weighted by molar-refractivity contribution is 0.0135. The van der Waals surface area contributed by atoms with Crippen LogP contribution in [0.2, 0.25) is 0 Å². The summed E-state index contributed by atoms with van der Waals surface area (Å²) in [5, 5.41) is -0.211. The molecule has 1 aromatic heterocycles. The van der Waals surface area contributed by atoms with Crippen molar-refractivity contribution in [3.05, 3.63) is 32.7 Å². The summed E-state index contributed by atoms with van der Waals surface area (Å²) in [7, 11) is 0. The molecule has 0 spiro atoms. The third-order valence-corrected chi connectivity index (χ3v) is 4.67. The molecular formula is C13H14BrClN2O2. The molecule has 1 fully saturated rings. The summed E-state index contributed by atoms with van der Waals surface area (Å²) in [5.74, 6) is 0. The second kappa shape index (κ2) is 5.31. The fraction of sp³-hybridized carbons (Fsp3) is 0.462. The van der Waals surface area contributed by atoms with Crippen LogP contribution in [-0.2, 0) is 4.74 Å². The average molecular weight is 346 g/mol. The number of aromatic amines is 2. The van der Waals surface area contributed by atoms with Crippen molar-refractivity contribution in [2.24, 2.45) is 0 Å². The van der Waals surface area contributed by atoms with Crippen molar-refractivity contribution in [3.63, 3.8) is 0 Å². The molecule has 2 unspecified atom stereocenters. The Morgan fingerprint density at radius 1 is 1.32 bits per heavy atom. The highest BCUT2D eigenvalue weighted by Gasteiger charge is 2.26. The molecule has 1 saturated heterocycles. The highest BCUT2D eigenvalue weighted by atomic mass is 79.9. The number of halogens is 2. The van der Waals surface area contributed by atoms with E-state index in [4.69, 9.17) is 16.3 Å². The minimum atomic E-state index is -0.211. The molecule has 2 N–H and O–H groups in total. The van der Waals surface area contributed by atoms with Crippen molar-refractivity contribution in [2.75, 3.05) is 6.61 Å². The van der Waals surface area contributed by atoms with E-state index < -0.39 is 0 Å². The molecule has 2 heterocycles. The van der Waals surface area contributed by atoms with Gasteiger partial charge in [-0.2, -0.15) is 0 Å². The van der Waals surface area contributed by atoms with Crippen LogP contribution in [0, 0.1) is 0 Å². The van der Waals surface area contributed by atoms with Crippen molar-refractivity contribution in [1.82, 2.24) is 9.97 Å². The molecule has 0 amide bonds. The highest BCUT2D eigenvalue weighted by Crippen LogP contribution is 2.37. The van der Waals surface area contributed by atoms with Gasteiger partial charge < -0.3 is 14.7 Å². The van der Waals surface area contributed by atoms with Crippen LogP contribution in [0.3, 0.4) is 0 Å². The normalized spacial score (nSPS) is 21.7. The smallest absolute Gasteiger partial charge is 0.323 e. The maximum Gasteiger partial charge on any atom is 0.323 e. The van der Waals surface area contributed by atoms with Crippen molar-refractivity contribution in [1.29, 1.82) is 0 Å². The quantitative estimate of drug-likeness (QED) is 0.819. The number of hydrogen-bond acceptors (Lipinski definition) is 2. The number of benzene rings is 1. The Morgan fingerprint density at radius 2 is 2.05 bits per heavy atom. The van der Waals surface area contributed by atoms with Crippen LogP contribution in [0.5, 0.6) is 0 Å². The van der Waals surface area contributed by atoms with Gasteiger partial charge in [0.25, 0.3) is 0 Å². The Labute approximate surface area is 123 Å². The largest absolute Gasteiger partial charge is 0.376 e. The summed E-state index contributed by atoms with van der Waals surface area (Å²) in [5.41, 5.74) is 2.29. The van der Waals surface area contributed by atoms with E-state index in [1.165, 1.54) is 0 Å². The third kappa shape index (κ3) is 2.59. The maximum atomic E-state index is 11.3. The third-order valence-electron chi connectivity index (χ3n) is 3.47. The van der Waals surface area contributed by atoms with Gasteiger partial charge in [0.05, 0.1) is 22.5 Å². The molecule has 1 aromatic carbocycles. The predicted octanol–water partition coefficient (Wildman–Crippen LogP) is 3.47. The topological polar surface area (TPSA) is 57.9 Å². The lowest BCUT2D eigenvalue weighted by atomic mass is 10.0. The van der Waals surface area contributed by atoms with Gasteiger partial charge in [0.1, 0.15) is 0 Å². The summed E-state index contributed by atoms with van der Waals surface area (Å²) in [6.45, 7) is 0.773. The molecular weight excluding hydrogens is 332 g/mol. The highest BCUT2D eigenvalue weighted by molar-refractivity contribution is 9.10. The van der Waals surface area contributed by atoms with E-state index in [1.54, 1.807) is 0 Å². The zero-order valence-electron chi connectivity index (χ0n) is 10.2. The zero-order chi connectivity index (χ0) is 13.4. The number of H-pyrrole nitrogens is 2. The van der Waals surface area contributed by atoms with E-state index >= 15 is 0 Å². The number of aromatic nitrogens is 2. The van der Waals surface area contributed by atoms with Crippen molar-refractivity contribution in [3.8, 4) is 0 Å². The van der Waals surface area contributed by atoms with Crippen LogP contribution >= 0.6 is 27.5 Å². The first-order chi connectivity index (χ1) is 9.15. The molecule has 2 atom stereocenters. The molecule has 3 rings (SSSR count). The second-order valence-corrected chi connectivity index (χ2v) is 6.13. The van der Waals surface area contributed by atoms with Gasteiger partial charge in [0.15, 0.2) is 0 Å². The van der Waals surface area contributed by atoms with Crippen LogP contribution < -0.4 is 5.69 Å². The van der Waals surface area contributed by atoms with E-state index in [2.05, 4.69) is 25.9 Å². The maximum absolute atomic E-state index is 11.3. The molecule has 0 saturated carbocycles. The van der Waals surface area contributed by atoms with Crippen molar-refractivity contribution >= 4 is 38.6 Å². The van der Waals surface area contributed by atoms with Gasteiger partial charge in [-0.25, -0.2) is 4.79 Å².